The van der Waals surface area contributed by atoms with Gasteiger partial charge in [0, 0.05) is 74.1 Å². The number of nitrogens with zero attached hydrogens (tertiary/aromatic N) is 5. The highest BCUT2D eigenvalue weighted by Crippen LogP contribution is 2.53. The maximum absolute atomic E-state index is 13.5. The second-order valence-electron chi connectivity index (χ2n) is 16.9. The predicted molar refractivity (Wildman–Crippen MR) is 215 cm³/mol. The Bertz CT molecular complexity index is 2260. The lowest BCUT2D eigenvalue weighted by molar-refractivity contribution is 0.0899. The first-order chi connectivity index (χ1) is 24.8. The molecular weight excluding hydrogens is 685 g/mol. The van der Waals surface area contributed by atoms with Gasteiger partial charge in [0.2, 0.25) is 5.95 Å². The Balaban J connectivity index is 1.18. The Morgan fingerprint density at radius 3 is 2.46 bits per heavy atom. The van der Waals surface area contributed by atoms with Gasteiger partial charge in [-0.25, -0.2) is 4.98 Å². The van der Waals surface area contributed by atoms with E-state index in [9.17, 15) is 9.66 Å². The molecule has 1 aliphatic heterocycles. The number of fused-ring (bicyclic) bond motifs is 5. The maximum Gasteiger partial charge on any atom is 0.213 e. The molecule has 11 heteroatoms. The third kappa shape index (κ3) is 6.30. The summed E-state index contributed by atoms with van der Waals surface area (Å²) in [5.41, 5.74) is 6.33. The molecule has 0 saturated carbocycles. The van der Waals surface area contributed by atoms with E-state index in [1.165, 1.54) is 11.1 Å². The molecule has 0 bridgehead atoms. The van der Waals surface area contributed by atoms with E-state index < -0.39 is 19.4 Å². The van der Waals surface area contributed by atoms with Gasteiger partial charge in [0.1, 0.15) is 22.9 Å². The van der Waals surface area contributed by atoms with Crippen LogP contribution >= 0.6 is 0 Å². The number of benzene rings is 3. The summed E-state index contributed by atoms with van der Waals surface area (Å²) in [6.45, 7) is 15.9. The fraction of sp³-hybridized carbons (Fsp3) is 0.415. The third-order valence-corrected chi connectivity index (χ3v) is 14.4. The van der Waals surface area contributed by atoms with Gasteiger partial charge < -0.3 is 23.9 Å². The van der Waals surface area contributed by atoms with Gasteiger partial charge in [-0.05, 0) is 80.3 Å². The van der Waals surface area contributed by atoms with Crippen molar-refractivity contribution in [1.29, 1.82) is 0 Å². The second-order valence-corrected chi connectivity index (χ2v) is 24.5. The molecule has 9 nitrogen and oxygen atoms in total. The second kappa shape index (κ2) is 13.2. The molecule has 0 amide bonds. The lowest BCUT2D eigenvalue weighted by atomic mass is 9.73. The van der Waals surface area contributed by atoms with Crippen LogP contribution in [-0.4, -0.2) is 61.1 Å². The van der Waals surface area contributed by atoms with Crippen LogP contribution in [0.1, 0.15) is 50.8 Å². The summed E-state index contributed by atoms with van der Waals surface area (Å²) in [5.74, 6) is 1.14. The molecule has 1 fully saturated rings. The van der Waals surface area contributed by atoms with Crippen LogP contribution in [0.4, 0.5) is 5.95 Å². The van der Waals surface area contributed by atoms with Crippen LogP contribution in [0, 0.1) is 5.41 Å². The van der Waals surface area contributed by atoms with Gasteiger partial charge in [-0.3, -0.25) is 4.40 Å². The molecule has 2 N–H and O–H groups in total. The van der Waals surface area contributed by atoms with Crippen LogP contribution in [0.3, 0.4) is 0 Å². The van der Waals surface area contributed by atoms with Crippen molar-refractivity contribution in [1.82, 2.24) is 23.7 Å². The molecule has 3 aromatic carbocycles. The van der Waals surface area contributed by atoms with E-state index in [2.05, 4.69) is 74.8 Å². The van der Waals surface area contributed by atoms with Gasteiger partial charge in [0.25, 0.3) is 0 Å². The maximum atomic E-state index is 13.5. The number of aromatic hydroxyl groups is 1. The van der Waals surface area contributed by atoms with Gasteiger partial charge in [-0.1, -0.05) is 68.2 Å². The van der Waals surface area contributed by atoms with Crippen LogP contribution in [0.25, 0.3) is 38.6 Å². The lowest BCUT2D eigenvalue weighted by Gasteiger charge is -2.44. The molecule has 2 atom stereocenters. The molecule has 1 spiro atoms. The van der Waals surface area contributed by atoms with Crippen LogP contribution in [0.15, 0.2) is 79.3 Å². The van der Waals surface area contributed by atoms with Crippen molar-refractivity contribution in [2.75, 3.05) is 24.6 Å². The number of aromatic nitrogens is 4. The van der Waals surface area contributed by atoms with Crippen molar-refractivity contribution in [3.05, 3.63) is 90.4 Å². The summed E-state index contributed by atoms with van der Waals surface area (Å²) in [7, 11) is -1.26. The van der Waals surface area contributed by atoms with Crippen LogP contribution in [-0.2, 0) is 29.3 Å². The molecule has 3 aromatic heterocycles. The number of anilines is 1. The minimum absolute atomic E-state index is 0.0304. The van der Waals surface area contributed by atoms with Crippen molar-refractivity contribution in [2.45, 2.75) is 83.2 Å². The van der Waals surface area contributed by atoms with E-state index in [-0.39, 0.29) is 22.0 Å². The molecule has 2 aliphatic rings. The Labute approximate surface area is 310 Å². The average molecular weight is 735 g/mol. The monoisotopic (exact) mass is 734 g/mol. The standard InChI is InChI=1S/C41H50N6O3SSi/c1-40(2,3)51(49)44-36-29-12-8-7-11-28(29)25-41(36)17-20-45(21-18-41)39-43-38-35(37-42-19-22-47(37)39)33(26-46(38)27-50-23-24-52(4,5)6)31-15-16-34(48)32-14-10-9-13-30(31)32/h7-16,19,22,26,36,44,48H,17-18,20-21,23-25,27H2,1-6H3/t36-,51?/m1/s1. The predicted octanol–water partition coefficient (Wildman–Crippen LogP) is 8.46. The molecule has 6 aromatic rings. The average Bonchev–Trinajstić information content (AvgIpc) is 3.81. The molecule has 1 saturated heterocycles. The van der Waals surface area contributed by atoms with Gasteiger partial charge >= 0.3 is 0 Å². The highest BCUT2D eigenvalue weighted by atomic mass is 32.2. The number of hydrogen-bond donors (Lipinski definition) is 2. The summed E-state index contributed by atoms with van der Waals surface area (Å²) in [6.07, 6.45) is 8.90. The molecule has 1 aliphatic carbocycles. The number of ether oxygens (including phenoxy) is 1. The van der Waals surface area contributed by atoms with E-state index >= 15 is 0 Å². The van der Waals surface area contributed by atoms with Crippen molar-refractivity contribution in [3.8, 4) is 16.9 Å². The van der Waals surface area contributed by atoms with Gasteiger partial charge in [0.15, 0.2) is 5.65 Å². The number of hydrogen-bond acceptors (Lipinski definition) is 7. The van der Waals surface area contributed by atoms with Crippen molar-refractivity contribution < 1.29 is 14.4 Å². The van der Waals surface area contributed by atoms with Crippen LogP contribution in [0.5, 0.6) is 5.75 Å². The summed E-state index contributed by atoms with van der Waals surface area (Å²) in [5, 5.41) is 13.5. The third-order valence-electron chi connectivity index (χ3n) is 11.1. The van der Waals surface area contributed by atoms with E-state index in [1.54, 1.807) is 6.07 Å². The zero-order valence-corrected chi connectivity index (χ0v) is 33.0. The summed E-state index contributed by atoms with van der Waals surface area (Å²) in [4.78, 5) is 12.8. The van der Waals surface area contributed by atoms with Gasteiger partial charge in [-0.2, -0.15) is 4.98 Å². The molecule has 1 unspecified atom stereocenters. The summed E-state index contributed by atoms with van der Waals surface area (Å²) < 4.78 is 27.4. The van der Waals surface area contributed by atoms with Crippen LogP contribution in [0.2, 0.25) is 25.7 Å². The zero-order chi connectivity index (χ0) is 36.4. The Morgan fingerprint density at radius 1 is 0.981 bits per heavy atom. The van der Waals surface area contributed by atoms with Crippen molar-refractivity contribution in [2.24, 2.45) is 5.41 Å². The summed E-state index contributed by atoms with van der Waals surface area (Å²) >= 11 is -1.19. The van der Waals surface area contributed by atoms with E-state index in [0.717, 1.165) is 82.9 Å². The number of rotatable bonds is 9. The number of phenols is 1. The lowest BCUT2D eigenvalue weighted by Crippen LogP contribution is -2.50. The molecule has 272 valence electrons. The first kappa shape index (κ1) is 35.2. The van der Waals surface area contributed by atoms with Gasteiger partial charge in [0.05, 0.1) is 11.4 Å². The SMILES string of the molecule is CC(C)(C)[S+]([O-])N[C@@H]1c2ccccc2CC12CCN(c1nc3c(c(-c4ccc(O)c5ccccc45)cn3COCC[Si](C)(C)C)c3nccn13)CC2. The molecule has 52 heavy (non-hydrogen) atoms. The molecular formula is C41H50N6O3SSi. The highest BCUT2D eigenvalue weighted by molar-refractivity contribution is 7.90. The number of imidazole rings is 1. The van der Waals surface area contributed by atoms with E-state index in [0.29, 0.717) is 13.3 Å². The molecule has 0 radical (unpaired) electrons. The zero-order valence-electron chi connectivity index (χ0n) is 31.1. The first-order valence-electron chi connectivity index (χ1n) is 18.5. The Kier molecular flexibility index (Phi) is 8.93. The fourth-order valence-corrected chi connectivity index (χ4v) is 9.85. The summed E-state index contributed by atoms with van der Waals surface area (Å²) in [6, 6.07) is 21.6. The van der Waals surface area contributed by atoms with E-state index in [4.69, 9.17) is 14.7 Å². The molecule has 8 rings (SSSR count). The highest BCUT2D eigenvalue weighted by Gasteiger charge is 2.50. The quantitative estimate of drug-likeness (QED) is 0.0873. The number of phenolic OH excluding ortho intramolecular Hbond substituents is 1. The largest absolute Gasteiger partial charge is 0.598 e. The normalized spacial score (nSPS) is 18.2. The minimum Gasteiger partial charge on any atom is -0.598 e. The van der Waals surface area contributed by atoms with Crippen molar-refractivity contribution in [3.63, 3.8) is 0 Å². The Hall–Kier alpha value is -3.87. The van der Waals surface area contributed by atoms with Gasteiger partial charge in [-0.15, -0.1) is 4.72 Å². The van der Waals surface area contributed by atoms with Crippen LogP contribution < -0.4 is 9.62 Å². The molecule has 4 heterocycles. The Morgan fingerprint density at radius 2 is 1.71 bits per heavy atom. The topological polar surface area (TPSA) is 103 Å². The van der Waals surface area contributed by atoms with Crippen molar-refractivity contribution >= 4 is 52.8 Å². The number of nitrogens with one attached hydrogen (secondary N) is 1. The fourth-order valence-electron chi connectivity index (χ4n) is 8.15. The van der Waals surface area contributed by atoms with E-state index in [1.807, 2.05) is 57.4 Å². The minimum atomic E-state index is -1.26. The smallest absolute Gasteiger partial charge is 0.213 e. The number of piperidine rings is 1. The first-order valence-corrected chi connectivity index (χ1v) is 23.3.